The van der Waals surface area contributed by atoms with Gasteiger partial charge >= 0.3 is 0 Å². The zero-order valence-electron chi connectivity index (χ0n) is 10.5. The monoisotopic (exact) mass is 221 g/mol. The first-order valence-corrected chi connectivity index (χ1v) is 6.02. The fraction of sp³-hybridized carbons (Fsp3) is 0.571. The highest BCUT2D eigenvalue weighted by molar-refractivity contribution is 5.28. The van der Waals surface area contributed by atoms with E-state index in [0.29, 0.717) is 5.92 Å². The van der Waals surface area contributed by atoms with Crippen LogP contribution in [0.15, 0.2) is 24.3 Å². The van der Waals surface area contributed by atoms with Crippen molar-refractivity contribution >= 4 is 0 Å². The van der Waals surface area contributed by atoms with Gasteiger partial charge in [-0.05, 0) is 30.4 Å². The molecule has 0 aliphatic carbocycles. The van der Waals surface area contributed by atoms with E-state index in [-0.39, 0.29) is 18.6 Å². The first-order chi connectivity index (χ1) is 7.56. The summed E-state index contributed by atoms with van der Waals surface area (Å²) in [6.07, 6.45) is 0.735. The van der Waals surface area contributed by atoms with E-state index in [2.05, 4.69) is 38.1 Å². The van der Waals surface area contributed by atoms with Crippen molar-refractivity contribution < 1.29 is 5.11 Å². The number of nitrogens with two attached hydrogens (primary N) is 1. The van der Waals surface area contributed by atoms with Crippen molar-refractivity contribution in [2.75, 3.05) is 6.61 Å². The van der Waals surface area contributed by atoms with E-state index in [1.54, 1.807) is 0 Å². The molecular formula is C14H23NO. The third-order valence-corrected chi connectivity index (χ3v) is 3.11. The maximum Gasteiger partial charge on any atom is 0.0437 e. The smallest absolute Gasteiger partial charge is 0.0437 e. The molecule has 0 radical (unpaired) electrons. The molecule has 0 bridgehead atoms. The van der Waals surface area contributed by atoms with Crippen LogP contribution in [0.25, 0.3) is 0 Å². The summed E-state index contributed by atoms with van der Waals surface area (Å²) in [5.41, 5.74) is 8.52. The predicted molar refractivity (Wildman–Crippen MR) is 68.6 cm³/mol. The molecule has 3 N–H and O–H groups in total. The van der Waals surface area contributed by atoms with Crippen molar-refractivity contribution in [3.63, 3.8) is 0 Å². The highest BCUT2D eigenvalue weighted by Gasteiger charge is 2.15. The molecule has 0 fully saturated rings. The molecule has 0 amide bonds. The van der Waals surface area contributed by atoms with Crippen molar-refractivity contribution in [3.8, 4) is 0 Å². The van der Waals surface area contributed by atoms with Crippen LogP contribution in [-0.4, -0.2) is 17.8 Å². The SMILES string of the molecule is CC(C)c1ccc(C(CCO)C(C)N)cc1. The molecule has 1 rings (SSSR count). The lowest BCUT2D eigenvalue weighted by molar-refractivity contribution is 0.269. The van der Waals surface area contributed by atoms with Crippen molar-refractivity contribution in [2.45, 2.75) is 45.1 Å². The van der Waals surface area contributed by atoms with Crippen molar-refractivity contribution in [2.24, 2.45) is 5.73 Å². The molecule has 0 saturated heterocycles. The van der Waals surface area contributed by atoms with Gasteiger partial charge in [-0.15, -0.1) is 0 Å². The Hall–Kier alpha value is -0.860. The van der Waals surface area contributed by atoms with E-state index in [0.717, 1.165) is 6.42 Å². The lowest BCUT2D eigenvalue weighted by Crippen LogP contribution is -2.25. The second kappa shape index (κ2) is 6.02. The molecule has 1 aromatic carbocycles. The van der Waals surface area contributed by atoms with Crippen LogP contribution in [0.4, 0.5) is 0 Å². The van der Waals surface area contributed by atoms with Crippen LogP contribution in [-0.2, 0) is 0 Å². The average Bonchev–Trinajstić information content (AvgIpc) is 2.25. The maximum atomic E-state index is 9.03. The number of benzene rings is 1. The zero-order valence-corrected chi connectivity index (χ0v) is 10.5. The minimum Gasteiger partial charge on any atom is -0.396 e. The predicted octanol–water partition coefficient (Wildman–Crippen LogP) is 2.62. The summed E-state index contributed by atoms with van der Waals surface area (Å²) < 4.78 is 0. The van der Waals surface area contributed by atoms with E-state index in [1.807, 2.05) is 6.92 Å². The van der Waals surface area contributed by atoms with Crippen LogP contribution >= 0.6 is 0 Å². The van der Waals surface area contributed by atoms with E-state index in [1.165, 1.54) is 11.1 Å². The van der Waals surface area contributed by atoms with Gasteiger partial charge in [-0.3, -0.25) is 0 Å². The van der Waals surface area contributed by atoms with Crippen molar-refractivity contribution in [3.05, 3.63) is 35.4 Å². The van der Waals surface area contributed by atoms with E-state index in [4.69, 9.17) is 10.8 Å². The average molecular weight is 221 g/mol. The van der Waals surface area contributed by atoms with Gasteiger partial charge in [0.05, 0.1) is 0 Å². The quantitative estimate of drug-likeness (QED) is 0.803. The van der Waals surface area contributed by atoms with Gasteiger partial charge in [-0.1, -0.05) is 38.1 Å². The lowest BCUT2D eigenvalue weighted by Gasteiger charge is -2.20. The molecular weight excluding hydrogens is 198 g/mol. The Morgan fingerprint density at radius 2 is 1.56 bits per heavy atom. The number of aliphatic hydroxyl groups is 1. The van der Waals surface area contributed by atoms with Gasteiger partial charge in [0.1, 0.15) is 0 Å². The van der Waals surface area contributed by atoms with E-state index >= 15 is 0 Å². The highest BCUT2D eigenvalue weighted by Crippen LogP contribution is 2.24. The van der Waals surface area contributed by atoms with Gasteiger partial charge in [0, 0.05) is 18.6 Å². The van der Waals surface area contributed by atoms with Gasteiger partial charge in [0.25, 0.3) is 0 Å². The molecule has 0 aliphatic rings. The Morgan fingerprint density at radius 3 is 1.94 bits per heavy atom. The summed E-state index contributed by atoms with van der Waals surface area (Å²) in [7, 11) is 0. The molecule has 0 aromatic heterocycles. The highest BCUT2D eigenvalue weighted by atomic mass is 16.3. The Kier molecular flexibility index (Phi) is 4.97. The second-order valence-electron chi connectivity index (χ2n) is 4.80. The minimum absolute atomic E-state index is 0.0806. The number of hydrogen-bond donors (Lipinski definition) is 2. The molecule has 16 heavy (non-hydrogen) atoms. The van der Waals surface area contributed by atoms with Crippen molar-refractivity contribution in [1.82, 2.24) is 0 Å². The van der Waals surface area contributed by atoms with Crippen LogP contribution in [0.1, 0.15) is 50.2 Å². The summed E-state index contributed by atoms with van der Waals surface area (Å²) in [6.45, 7) is 6.56. The molecule has 0 spiro atoms. The van der Waals surface area contributed by atoms with Crippen molar-refractivity contribution in [1.29, 1.82) is 0 Å². The normalized spacial score (nSPS) is 15.1. The van der Waals surface area contributed by atoms with E-state index in [9.17, 15) is 0 Å². The molecule has 1 aromatic rings. The second-order valence-corrected chi connectivity index (χ2v) is 4.80. The molecule has 0 saturated carbocycles. The largest absolute Gasteiger partial charge is 0.396 e. The lowest BCUT2D eigenvalue weighted by atomic mass is 9.89. The van der Waals surface area contributed by atoms with Crippen LogP contribution in [0.5, 0.6) is 0 Å². The Balaban J connectivity index is 2.85. The van der Waals surface area contributed by atoms with Gasteiger partial charge in [0.2, 0.25) is 0 Å². The fourth-order valence-electron chi connectivity index (χ4n) is 2.00. The summed E-state index contributed by atoms with van der Waals surface area (Å²) in [6, 6.07) is 8.68. The summed E-state index contributed by atoms with van der Waals surface area (Å²) in [4.78, 5) is 0. The summed E-state index contributed by atoms with van der Waals surface area (Å²) in [5.74, 6) is 0.812. The minimum atomic E-state index is 0.0806. The van der Waals surface area contributed by atoms with Gasteiger partial charge in [-0.2, -0.15) is 0 Å². The third-order valence-electron chi connectivity index (χ3n) is 3.11. The number of rotatable bonds is 5. The van der Waals surface area contributed by atoms with Gasteiger partial charge in [0.15, 0.2) is 0 Å². The molecule has 2 unspecified atom stereocenters. The zero-order chi connectivity index (χ0) is 12.1. The van der Waals surface area contributed by atoms with E-state index < -0.39 is 0 Å². The standard InChI is InChI=1S/C14H23NO/c1-10(2)12-4-6-13(7-5-12)14(8-9-16)11(3)15/h4-7,10-11,14,16H,8-9,15H2,1-3H3. The molecule has 2 atom stereocenters. The maximum absolute atomic E-state index is 9.03. The number of aliphatic hydroxyl groups excluding tert-OH is 1. The van der Waals surface area contributed by atoms with Crippen LogP contribution in [0.3, 0.4) is 0 Å². The summed E-state index contributed by atoms with van der Waals surface area (Å²) in [5, 5.41) is 9.03. The summed E-state index contributed by atoms with van der Waals surface area (Å²) >= 11 is 0. The Bertz CT molecular complexity index is 303. The number of hydrogen-bond acceptors (Lipinski definition) is 2. The van der Waals surface area contributed by atoms with Crippen LogP contribution in [0, 0.1) is 0 Å². The Labute approximate surface area is 98.5 Å². The Morgan fingerprint density at radius 1 is 1.06 bits per heavy atom. The molecule has 0 aliphatic heterocycles. The third kappa shape index (κ3) is 3.32. The van der Waals surface area contributed by atoms with Crippen LogP contribution < -0.4 is 5.73 Å². The first kappa shape index (κ1) is 13.2. The molecule has 2 heteroatoms. The van der Waals surface area contributed by atoms with Gasteiger partial charge < -0.3 is 10.8 Å². The molecule has 90 valence electrons. The first-order valence-electron chi connectivity index (χ1n) is 6.02. The fourth-order valence-corrected chi connectivity index (χ4v) is 2.00. The molecule has 2 nitrogen and oxygen atoms in total. The van der Waals surface area contributed by atoms with Crippen LogP contribution in [0.2, 0.25) is 0 Å². The van der Waals surface area contributed by atoms with Gasteiger partial charge in [-0.25, -0.2) is 0 Å². The topological polar surface area (TPSA) is 46.2 Å². The molecule has 0 heterocycles.